The predicted molar refractivity (Wildman–Crippen MR) is 56.0 cm³/mol. The Bertz CT molecular complexity index is 230. The zero-order valence-electron chi connectivity index (χ0n) is 8.56. The summed E-state index contributed by atoms with van der Waals surface area (Å²) in [7, 11) is 0. The molecular weight excluding hydrogens is 162 g/mol. The molecule has 0 radical (unpaired) electrons. The van der Waals surface area contributed by atoms with Crippen LogP contribution in [0, 0.1) is 0 Å². The predicted octanol–water partition coefficient (Wildman–Crippen LogP) is 2.57. The lowest BCUT2D eigenvalue weighted by Crippen LogP contribution is -2.01. The summed E-state index contributed by atoms with van der Waals surface area (Å²) in [6, 6.07) is 0. The summed E-state index contributed by atoms with van der Waals surface area (Å²) in [5.74, 6) is 2.10. The standard InChI is InChI=1S/C10H19N3/c1-3-5-6-7-11-10-8-12-9(4-2)13-10/h8,11H,3-7H2,1-2H3,(H,12,13). The van der Waals surface area contributed by atoms with Crippen LogP contribution in [-0.4, -0.2) is 16.5 Å². The van der Waals surface area contributed by atoms with Crippen molar-refractivity contribution in [1.29, 1.82) is 0 Å². The van der Waals surface area contributed by atoms with Crippen LogP contribution >= 0.6 is 0 Å². The van der Waals surface area contributed by atoms with Crippen molar-refractivity contribution in [3.8, 4) is 0 Å². The van der Waals surface area contributed by atoms with E-state index in [1.54, 1.807) is 0 Å². The maximum atomic E-state index is 4.22. The molecule has 0 amide bonds. The molecule has 0 aliphatic heterocycles. The first-order chi connectivity index (χ1) is 6.36. The molecule has 0 saturated heterocycles. The second-order valence-electron chi connectivity index (χ2n) is 3.23. The van der Waals surface area contributed by atoms with Gasteiger partial charge in [-0.3, -0.25) is 0 Å². The highest BCUT2D eigenvalue weighted by Crippen LogP contribution is 2.04. The fourth-order valence-electron chi connectivity index (χ4n) is 1.23. The van der Waals surface area contributed by atoms with Crippen molar-refractivity contribution in [2.75, 3.05) is 11.9 Å². The summed E-state index contributed by atoms with van der Waals surface area (Å²) in [5, 5.41) is 3.32. The average Bonchev–Trinajstić information content (AvgIpc) is 2.60. The maximum absolute atomic E-state index is 4.22. The molecular formula is C10H19N3. The van der Waals surface area contributed by atoms with Crippen LogP contribution in [0.1, 0.15) is 38.9 Å². The summed E-state index contributed by atoms with van der Waals surface area (Å²) in [6.45, 7) is 5.35. The molecule has 1 heterocycles. The molecule has 3 heteroatoms. The Morgan fingerprint density at radius 3 is 2.85 bits per heavy atom. The van der Waals surface area contributed by atoms with Crippen LogP contribution in [0.25, 0.3) is 0 Å². The Morgan fingerprint density at radius 1 is 1.38 bits per heavy atom. The Labute approximate surface area is 80.0 Å². The minimum atomic E-state index is 0.969. The van der Waals surface area contributed by atoms with Crippen LogP contribution < -0.4 is 5.32 Å². The molecule has 0 aliphatic rings. The molecule has 1 rings (SSSR count). The van der Waals surface area contributed by atoms with Crippen molar-refractivity contribution in [2.45, 2.75) is 39.5 Å². The topological polar surface area (TPSA) is 40.7 Å². The van der Waals surface area contributed by atoms with Crippen LogP contribution in [0.4, 0.5) is 5.82 Å². The van der Waals surface area contributed by atoms with Crippen molar-refractivity contribution in [1.82, 2.24) is 9.97 Å². The molecule has 74 valence electrons. The van der Waals surface area contributed by atoms with Crippen LogP contribution in [0.15, 0.2) is 6.20 Å². The molecule has 1 aromatic rings. The smallest absolute Gasteiger partial charge is 0.123 e. The number of hydrogen-bond donors (Lipinski definition) is 2. The van der Waals surface area contributed by atoms with E-state index in [1.807, 2.05) is 6.20 Å². The van der Waals surface area contributed by atoms with E-state index in [0.717, 1.165) is 24.6 Å². The zero-order valence-corrected chi connectivity index (χ0v) is 8.56. The van der Waals surface area contributed by atoms with E-state index in [2.05, 4.69) is 29.1 Å². The molecule has 13 heavy (non-hydrogen) atoms. The number of imidazole rings is 1. The van der Waals surface area contributed by atoms with Gasteiger partial charge in [0, 0.05) is 13.0 Å². The van der Waals surface area contributed by atoms with Gasteiger partial charge in [-0.05, 0) is 6.42 Å². The monoisotopic (exact) mass is 181 g/mol. The fourth-order valence-corrected chi connectivity index (χ4v) is 1.23. The molecule has 0 atom stereocenters. The maximum Gasteiger partial charge on any atom is 0.123 e. The molecule has 3 nitrogen and oxygen atoms in total. The van der Waals surface area contributed by atoms with Crippen molar-refractivity contribution in [2.24, 2.45) is 0 Å². The summed E-state index contributed by atoms with van der Waals surface area (Å²) in [5.41, 5.74) is 0. The lowest BCUT2D eigenvalue weighted by atomic mass is 10.2. The summed E-state index contributed by atoms with van der Waals surface area (Å²) >= 11 is 0. The highest BCUT2D eigenvalue weighted by Gasteiger charge is 1.96. The highest BCUT2D eigenvalue weighted by molar-refractivity contribution is 5.31. The first kappa shape index (κ1) is 10.1. The van der Waals surface area contributed by atoms with E-state index < -0.39 is 0 Å². The number of aryl methyl sites for hydroxylation is 1. The molecule has 0 fully saturated rings. The number of aromatic amines is 1. The number of anilines is 1. The van der Waals surface area contributed by atoms with Gasteiger partial charge in [0.05, 0.1) is 6.20 Å². The van der Waals surface area contributed by atoms with E-state index in [0.29, 0.717) is 0 Å². The Balaban J connectivity index is 2.20. The zero-order chi connectivity index (χ0) is 9.52. The molecule has 1 aromatic heterocycles. The number of hydrogen-bond acceptors (Lipinski definition) is 2. The van der Waals surface area contributed by atoms with Gasteiger partial charge in [0.2, 0.25) is 0 Å². The average molecular weight is 181 g/mol. The Hall–Kier alpha value is -0.990. The first-order valence-corrected chi connectivity index (χ1v) is 5.14. The number of aromatic nitrogens is 2. The Morgan fingerprint density at radius 2 is 2.23 bits per heavy atom. The van der Waals surface area contributed by atoms with Gasteiger partial charge < -0.3 is 10.3 Å². The number of unbranched alkanes of at least 4 members (excludes halogenated alkanes) is 2. The van der Waals surface area contributed by atoms with E-state index in [4.69, 9.17) is 0 Å². The first-order valence-electron chi connectivity index (χ1n) is 5.14. The van der Waals surface area contributed by atoms with Crippen molar-refractivity contribution in [3.63, 3.8) is 0 Å². The second kappa shape index (κ2) is 5.62. The third-order valence-electron chi connectivity index (χ3n) is 2.06. The van der Waals surface area contributed by atoms with Crippen LogP contribution in [0.2, 0.25) is 0 Å². The highest BCUT2D eigenvalue weighted by atomic mass is 15.1. The van der Waals surface area contributed by atoms with Crippen molar-refractivity contribution >= 4 is 5.82 Å². The number of nitrogens with one attached hydrogen (secondary N) is 2. The molecule has 0 aromatic carbocycles. The van der Waals surface area contributed by atoms with Crippen LogP contribution in [0.5, 0.6) is 0 Å². The van der Waals surface area contributed by atoms with Gasteiger partial charge in [0.15, 0.2) is 0 Å². The fraction of sp³-hybridized carbons (Fsp3) is 0.700. The van der Waals surface area contributed by atoms with E-state index in [-0.39, 0.29) is 0 Å². The number of rotatable bonds is 6. The largest absolute Gasteiger partial charge is 0.370 e. The third-order valence-corrected chi connectivity index (χ3v) is 2.06. The molecule has 2 N–H and O–H groups in total. The number of H-pyrrole nitrogens is 1. The SMILES string of the molecule is CCCCCNc1cnc(CC)[nH]1. The van der Waals surface area contributed by atoms with E-state index in [1.165, 1.54) is 19.3 Å². The third kappa shape index (κ3) is 3.49. The molecule has 0 bridgehead atoms. The minimum absolute atomic E-state index is 0.969. The molecule has 0 unspecified atom stereocenters. The van der Waals surface area contributed by atoms with E-state index >= 15 is 0 Å². The van der Waals surface area contributed by atoms with Gasteiger partial charge in [-0.15, -0.1) is 0 Å². The Kier molecular flexibility index (Phi) is 4.36. The van der Waals surface area contributed by atoms with Gasteiger partial charge in [-0.2, -0.15) is 0 Å². The lowest BCUT2D eigenvalue weighted by Gasteiger charge is -2.01. The van der Waals surface area contributed by atoms with Gasteiger partial charge in [-0.25, -0.2) is 4.98 Å². The molecule has 0 saturated carbocycles. The van der Waals surface area contributed by atoms with Crippen molar-refractivity contribution < 1.29 is 0 Å². The molecule has 0 spiro atoms. The normalized spacial score (nSPS) is 10.3. The van der Waals surface area contributed by atoms with Gasteiger partial charge in [0.25, 0.3) is 0 Å². The van der Waals surface area contributed by atoms with Crippen LogP contribution in [0.3, 0.4) is 0 Å². The summed E-state index contributed by atoms with van der Waals surface area (Å²) in [4.78, 5) is 7.43. The second-order valence-corrected chi connectivity index (χ2v) is 3.23. The lowest BCUT2D eigenvalue weighted by molar-refractivity contribution is 0.742. The van der Waals surface area contributed by atoms with Crippen molar-refractivity contribution in [3.05, 3.63) is 12.0 Å². The van der Waals surface area contributed by atoms with E-state index in [9.17, 15) is 0 Å². The van der Waals surface area contributed by atoms with Gasteiger partial charge in [0.1, 0.15) is 11.6 Å². The van der Waals surface area contributed by atoms with Gasteiger partial charge >= 0.3 is 0 Å². The van der Waals surface area contributed by atoms with Crippen LogP contribution in [-0.2, 0) is 6.42 Å². The molecule has 0 aliphatic carbocycles. The minimum Gasteiger partial charge on any atom is -0.370 e. The van der Waals surface area contributed by atoms with Gasteiger partial charge in [-0.1, -0.05) is 26.7 Å². The quantitative estimate of drug-likeness (QED) is 0.662. The summed E-state index contributed by atoms with van der Waals surface area (Å²) in [6.07, 6.45) is 6.63. The summed E-state index contributed by atoms with van der Waals surface area (Å²) < 4.78 is 0. The number of nitrogens with zero attached hydrogens (tertiary/aromatic N) is 1.